The van der Waals surface area contributed by atoms with E-state index in [0.29, 0.717) is 21.4 Å². The number of nitrogens with zero attached hydrogens (tertiary/aromatic N) is 1. The van der Waals surface area contributed by atoms with E-state index < -0.39 is 0 Å². The summed E-state index contributed by atoms with van der Waals surface area (Å²) in [4.78, 5) is 28.2. The zero-order chi connectivity index (χ0) is 18.5. The van der Waals surface area contributed by atoms with Crippen molar-refractivity contribution < 1.29 is 9.59 Å². The normalized spacial score (nSPS) is 16.8. The van der Waals surface area contributed by atoms with Gasteiger partial charge in [-0.1, -0.05) is 31.2 Å². The van der Waals surface area contributed by atoms with E-state index in [9.17, 15) is 9.59 Å². The number of aliphatic imine (C=N–C) groups is 1. The second kappa shape index (κ2) is 8.01. The Morgan fingerprint density at radius 3 is 2.46 bits per heavy atom. The predicted octanol–water partition coefficient (Wildman–Crippen LogP) is 4.10. The zero-order valence-corrected chi connectivity index (χ0v) is 15.4. The number of amides is 2. The van der Waals surface area contributed by atoms with Gasteiger partial charge in [0.15, 0.2) is 5.17 Å². The lowest BCUT2D eigenvalue weighted by Gasteiger charge is -2.02. The summed E-state index contributed by atoms with van der Waals surface area (Å²) in [6.45, 7) is 3.57. The van der Waals surface area contributed by atoms with E-state index in [-0.39, 0.29) is 11.8 Å². The highest BCUT2D eigenvalue weighted by atomic mass is 32.2. The number of benzene rings is 2. The van der Waals surface area contributed by atoms with Crippen LogP contribution in [0.1, 0.15) is 25.0 Å². The smallest absolute Gasteiger partial charge is 0.264 e. The Labute approximate surface area is 156 Å². The summed E-state index contributed by atoms with van der Waals surface area (Å²) in [7, 11) is 0. The molecule has 0 atom stereocenters. The highest BCUT2D eigenvalue weighted by molar-refractivity contribution is 8.18. The molecule has 6 heteroatoms. The summed E-state index contributed by atoms with van der Waals surface area (Å²) in [6, 6.07) is 15.3. The maximum atomic E-state index is 12.1. The van der Waals surface area contributed by atoms with Gasteiger partial charge in [-0.15, -0.1) is 0 Å². The van der Waals surface area contributed by atoms with E-state index in [2.05, 4.69) is 34.7 Å². The van der Waals surface area contributed by atoms with Crippen LogP contribution in [0.5, 0.6) is 0 Å². The fraction of sp³-hybridized carbons (Fsp3) is 0.150. The van der Waals surface area contributed by atoms with E-state index in [0.717, 1.165) is 12.0 Å². The molecule has 132 valence electrons. The van der Waals surface area contributed by atoms with Crippen LogP contribution in [0.3, 0.4) is 0 Å². The van der Waals surface area contributed by atoms with Gasteiger partial charge in [-0.05, 0) is 59.7 Å². The van der Waals surface area contributed by atoms with Crippen molar-refractivity contribution in [2.45, 2.75) is 20.3 Å². The molecule has 1 aliphatic rings. The third-order valence-corrected chi connectivity index (χ3v) is 4.66. The molecule has 0 aliphatic carbocycles. The van der Waals surface area contributed by atoms with E-state index in [1.807, 2.05) is 18.2 Å². The summed E-state index contributed by atoms with van der Waals surface area (Å²) < 4.78 is 0. The van der Waals surface area contributed by atoms with E-state index >= 15 is 0 Å². The van der Waals surface area contributed by atoms with Gasteiger partial charge in [-0.25, -0.2) is 4.99 Å². The number of carbonyl (C=O) groups is 2. The van der Waals surface area contributed by atoms with Crippen molar-refractivity contribution in [2.24, 2.45) is 4.99 Å². The maximum Gasteiger partial charge on any atom is 0.264 e. The van der Waals surface area contributed by atoms with Crippen molar-refractivity contribution in [2.75, 3.05) is 5.32 Å². The van der Waals surface area contributed by atoms with Gasteiger partial charge in [0.05, 0.1) is 10.6 Å². The van der Waals surface area contributed by atoms with Crippen molar-refractivity contribution in [3.05, 3.63) is 64.6 Å². The number of amidine groups is 1. The fourth-order valence-electron chi connectivity index (χ4n) is 2.42. The Morgan fingerprint density at radius 1 is 1.15 bits per heavy atom. The van der Waals surface area contributed by atoms with Gasteiger partial charge in [-0.3, -0.25) is 9.59 Å². The number of rotatable bonds is 4. The monoisotopic (exact) mass is 365 g/mol. The summed E-state index contributed by atoms with van der Waals surface area (Å²) in [5.41, 5.74) is 3.66. The van der Waals surface area contributed by atoms with Gasteiger partial charge in [0.25, 0.3) is 5.91 Å². The van der Waals surface area contributed by atoms with Crippen LogP contribution in [0.15, 0.2) is 58.4 Å². The number of hydrogen-bond acceptors (Lipinski definition) is 4. The zero-order valence-electron chi connectivity index (χ0n) is 14.6. The first kappa shape index (κ1) is 17.9. The average Bonchev–Trinajstić information content (AvgIpc) is 2.96. The summed E-state index contributed by atoms with van der Waals surface area (Å²) in [5.74, 6) is -0.271. The Hall–Kier alpha value is -2.86. The Morgan fingerprint density at radius 2 is 1.85 bits per heavy atom. The Balaban J connectivity index is 1.72. The van der Waals surface area contributed by atoms with Crippen molar-refractivity contribution in [1.82, 2.24) is 5.32 Å². The van der Waals surface area contributed by atoms with Crippen LogP contribution >= 0.6 is 11.8 Å². The maximum absolute atomic E-state index is 12.1. The van der Waals surface area contributed by atoms with Gasteiger partial charge in [0.1, 0.15) is 0 Å². The molecule has 2 aromatic rings. The van der Waals surface area contributed by atoms with Gasteiger partial charge in [0.2, 0.25) is 5.91 Å². The Bertz CT molecular complexity index is 884. The minimum Gasteiger partial charge on any atom is -0.326 e. The Kier molecular flexibility index (Phi) is 5.53. The SMILES string of the molecule is CCc1ccc(/C=C2\SC(=Nc3ccc(NC(C)=O)cc3)NC2=O)cc1. The van der Waals surface area contributed by atoms with Gasteiger partial charge >= 0.3 is 0 Å². The first-order valence-electron chi connectivity index (χ1n) is 8.29. The van der Waals surface area contributed by atoms with Crippen LogP contribution in [0.25, 0.3) is 6.08 Å². The molecule has 3 rings (SSSR count). The molecule has 1 fully saturated rings. The minimum atomic E-state index is -0.150. The summed E-state index contributed by atoms with van der Waals surface area (Å²) in [6.07, 6.45) is 2.85. The molecule has 0 bridgehead atoms. The first-order valence-corrected chi connectivity index (χ1v) is 9.11. The van der Waals surface area contributed by atoms with Crippen molar-refractivity contribution in [3.8, 4) is 0 Å². The van der Waals surface area contributed by atoms with Crippen molar-refractivity contribution in [3.63, 3.8) is 0 Å². The van der Waals surface area contributed by atoms with Crippen LogP contribution in [0.2, 0.25) is 0 Å². The van der Waals surface area contributed by atoms with Gasteiger partial charge < -0.3 is 10.6 Å². The lowest BCUT2D eigenvalue weighted by Crippen LogP contribution is -2.19. The molecule has 2 N–H and O–H groups in total. The number of hydrogen-bond donors (Lipinski definition) is 2. The molecule has 2 amide bonds. The molecular formula is C20H19N3O2S. The number of anilines is 1. The highest BCUT2D eigenvalue weighted by Crippen LogP contribution is 2.28. The average molecular weight is 365 g/mol. The summed E-state index contributed by atoms with van der Waals surface area (Å²) >= 11 is 1.31. The van der Waals surface area contributed by atoms with Crippen LogP contribution in [0.4, 0.5) is 11.4 Å². The molecule has 2 aromatic carbocycles. The predicted molar refractivity (Wildman–Crippen MR) is 107 cm³/mol. The highest BCUT2D eigenvalue weighted by Gasteiger charge is 2.23. The molecule has 0 radical (unpaired) electrons. The van der Waals surface area contributed by atoms with E-state index in [1.54, 1.807) is 24.3 Å². The topological polar surface area (TPSA) is 70.6 Å². The number of aryl methyl sites for hydroxylation is 1. The van der Waals surface area contributed by atoms with Crippen LogP contribution in [-0.4, -0.2) is 17.0 Å². The fourth-order valence-corrected chi connectivity index (χ4v) is 3.26. The van der Waals surface area contributed by atoms with Gasteiger partial charge in [-0.2, -0.15) is 0 Å². The lowest BCUT2D eigenvalue weighted by molar-refractivity contribution is -0.115. The molecule has 0 saturated carbocycles. The van der Waals surface area contributed by atoms with E-state index in [1.165, 1.54) is 24.2 Å². The third-order valence-electron chi connectivity index (χ3n) is 3.75. The first-order chi connectivity index (χ1) is 12.5. The quantitative estimate of drug-likeness (QED) is 0.802. The lowest BCUT2D eigenvalue weighted by atomic mass is 10.1. The number of thioether (sulfide) groups is 1. The van der Waals surface area contributed by atoms with Crippen molar-refractivity contribution >= 4 is 46.2 Å². The molecule has 5 nitrogen and oxygen atoms in total. The molecule has 1 aliphatic heterocycles. The van der Waals surface area contributed by atoms with Gasteiger partial charge in [0, 0.05) is 12.6 Å². The van der Waals surface area contributed by atoms with Crippen LogP contribution in [-0.2, 0) is 16.0 Å². The second-order valence-corrected chi connectivity index (χ2v) is 6.84. The van der Waals surface area contributed by atoms with Crippen LogP contribution < -0.4 is 10.6 Å². The summed E-state index contributed by atoms with van der Waals surface area (Å²) in [5, 5.41) is 6.02. The molecular weight excluding hydrogens is 346 g/mol. The minimum absolute atomic E-state index is 0.121. The number of carbonyl (C=O) groups excluding carboxylic acids is 2. The molecule has 0 unspecified atom stereocenters. The number of nitrogens with one attached hydrogen (secondary N) is 2. The second-order valence-electron chi connectivity index (χ2n) is 5.80. The van der Waals surface area contributed by atoms with Crippen LogP contribution in [0, 0.1) is 0 Å². The van der Waals surface area contributed by atoms with Crippen molar-refractivity contribution in [1.29, 1.82) is 0 Å². The molecule has 1 heterocycles. The molecule has 0 spiro atoms. The largest absolute Gasteiger partial charge is 0.326 e. The molecule has 26 heavy (non-hydrogen) atoms. The molecule has 0 aromatic heterocycles. The standard InChI is InChI=1S/C20H19N3O2S/c1-3-14-4-6-15(7-5-14)12-18-19(25)23-20(26-18)22-17-10-8-16(9-11-17)21-13(2)24/h4-12H,3H2,1-2H3,(H,21,24)(H,22,23,25)/b18-12-. The molecule has 1 saturated heterocycles. The van der Waals surface area contributed by atoms with E-state index in [4.69, 9.17) is 0 Å². The third kappa shape index (κ3) is 4.61.